The molecular weight excluding hydrogens is 320 g/mol. The van der Waals surface area contributed by atoms with Gasteiger partial charge in [0.25, 0.3) is 0 Å². The van der Waals surface area contributed by atoms with Gasteiger partial charge >= 0.3 is 5.97 Å². The van der Waals surface area contributed by atoms with E-state index < -0.39 is 5.41 Å². The average Bonchev–Trinajstić information content (AvgIpc) is 3.18. The Morgan fingerprint density at radius 2 is 1.96 bits per heavy atom. The standard InChI is InChI=1S/C24H34O2/c1-7-22-14-18-16(6)10-11-19(18)23(8-2)13-17(22)12-20(15(4)5)24(22,23)21(25)26-9-3/h7-8,12,15-19H,1-2,9-11,13-14H2,3-6H3/t16-,17-,18-,19-,22-,23-,24-/m1/s1. The molecule has 3 saturated carbocycles. The highest BCUT2D eigenvalue weighted by Gasteiger charge is 2.82. The SMILES string of the molecule is C=C[C@@]12C[C@@H]3[C@H](C)CC[C@H]3[C@@]3(C=C)C[C@H]1C=C(C(C)C)[C@@]23C(=O)OCC. The van der Waals surface area contributed by atoms with Gasteiger partial charge in [0.15, 0.2) is 0 Å². The molecule has 7 atom stereocenters. The minimum atomic E-state index is -0.594. The molecule has 0 aromatic heterocycles. The maximum absolute atomic E-state index is 13.8. The predicted molar refractivity (Wildman–Crippen MR) is 105 cm³/mol. The first-order valence-corrected chi connectivity index (χ1v) is 10.5. The lowest BCUT2D eigenvalue weighted by molar-refractivity contribution is -0.174. The zero-order chi connectivity index (χ0) is 18.9. The molecule has 0 radical (unpaired) electrons. The summed E-state index contributed by atoms with van der Waals surface area (Å²) in [7, 11) is 0. The van der Waals surface area contributed by atoms with Crippen LogP contribution >= 0.6 is 0 Å². The molecule has 0 aliphatic heterocycles. The third kappa shape index (κ3) is 1.64. The van der Waals surface area contributed by atoms with E-state index >= 15 is 0 Å². The summed E-state index contributed by atoms with van der Waals surface area (Å²) in [5.74, 6) is 2.63. The molecule has 142 valence electrons. The fourth-order valence-electron chi connectivity index (χ4n) is 8.01. The Balaban J connectivity index is 2.02. The van der Waals surface area contributed by atoms with Gasteiger partial charge in [-0.15, -0.1) is 13.2 Å². The van der Waals surface area contributed by atoms with E-state index in [0.717, 1.165) is 18.8 Å². The molecule has 2 nitrogen and oxygen atoms in total. The molecule has 0 unspecified atom stereocenters. The van der Waals surface area contributed by atoms with Crippen LogP contribution in [0.15, 0.2) is 37.0 Å². The Morgan fingerprint density at radius 1 is 1.27 bits per heavy atom. The summed E-state index contributed by atoms with van der Waals surface area (Å²) >= 11 is 0. The molecule has 3 fully saturated rings. The molecule has 26 heavy (non-hydrogen) atoms. The minimum absolute atomic E-state index is 0.0160. The lowest BCUT2D eigenvalue weighted by Crippen LogP contribution is -2.61. The van der Waals surface area contributed by atoms with Crippen LogP contribution in [0, 0.1) is 45.8 Å². The maximum atomic E-state index is 13.8. The van der Waals surface area contributed by atoms with Crippen LogP contribution in [0.4, 0.5) is 0 Å². The molecule has 4 bridgehead atoms. The molecule has 0 amide bonds. The van der Waals surface area contributed by atoms with E-state index in [0.29, 0.717) is 30.3 Å². The van der Waals surface area contributed by atoms with Crippen LogP contribution < -0.4 is 0 Å². The quantitative estimate of drug-likeness (QED) is 0.477. The van der Waals surface area contributed by atoms with Crippen molar-refractivity contribution in [2.45, 2.75) is 53.4 Å². The van der Waals surface area contributed by atoms with Crippen LogP contribution in [0.25, 0.3) is 0 Å². The molecule has 0 heterocycles. The van der Waals surface area contributed by atoms with Gasteiger partial charge in [0.05, 0.1) is 6.61 Å². The number of carbonyl (C=O) groups excluding carboxylic acids is 1. The van der Waals surface area contributed by atoms with E-state index in [-0.39, 0.29) is 16.8 Å². The number of rotatable bonds is 5. The second-order valence-corrected chi connectivity index (χ2v) is 9.58. The normalized spacial score (nSPS) is 48.3. The molecule has 4 aliphatic carbocycles. The van der Waals surface area contributed by atoms with Gasteiger partial charge in [-0.3, -0.25) is 4.79 Å². The highest BCUT2D eigenvalue weighted by molar-refractivity contribution is 5.87. The van der Waals surface area contributed by atoms with Crippen molar-refractivity contribution in [3.05, 3.63) is 37.0 Å². The van der Waals surface area contributed by atoms with Gasteiger partial charge in [-0.25, -0.2) is 0 Å². The summed E-state index contributed by atoms with van der Waals surface area (Å²) in [5.41, 5.74) is 0.321. The lowest BCUT2D eigenvalue weighted by atomic mass is 9.42. The second-order valence-electron chi connectivity index (χ2n) is 9.58. The Hall–Kier alpha value is -1.31. The first kappa shape index (κ1) is 18.1. The van der Waals surface area contributed by atoms with Crippen molar-refractivity contribution in [1.82, 2.24) is 0 Å². The van der Waals surface area contributed by atoms with E-state index in [4.69, 9.17) is 4.74 Å². The fraction of sp³-hybridized carbons (Fsp3) is 0.708. The molecule has 0 N–H and O–H groups in total. The molecule has 4 rings (SSSR count). The zero-order valence-corrected chi connectivity index (χ0v) is 16.9. The number of ether oxygens (including phenoxy) is 1. The summed E-state index contributed by atoms with van der Waals surface area (Å²) in [6, 6.07) is 0. The van der Waals surface area contributed by atoms with Gasteiger partial charge in [-0.05, 0) is 55.8 Å². The summed E-state index contributed by atoms with van der Waals surface area (Å²) in [6.07, 6.45) is 11.3. The van der Waals surface area contributed by atoms with Gasteiger partial charge in [0, 0.05) is 10.8 Å². The second kappa shape index (κ2) is 5.59. The fourth-order valence-corrected chi connectivity index (χ4v) is 8.01. The minimum Gasteiger partial charge on any atom is -0.465 e. The monoisotopic (exact) mass is 354 g/mol. The van der Waals surface area contributed by atoms with Crippen molar-refractivity contribution in [1.29, 1.82) is 0 Å². The smallest absolute Gasteiger partial charge is 0.318 e. The van der Waals surface area contributed by atoms with E-state index in [1.165, 1.54) is 18.4 Å². The van der Waals surface area contributed by atoms with Crippen LogP contribution in [-0.2, 0) is 9.53 Å². The van der Waals surface area contributed by atoms with Crippen LogP contribution in [-0.4, -0.2) is 12.6 Å². The summed E-state index contributed by atoms with van der Waals surface area (Å²) in [6.45, 7) is 17.9. The number of hydrogen-bond donors (Lipinski definition) is 0. The van der Waals surface area contributed by atoms with Gasteiger partial charge in [-0.1, -0.05) is 51.0 Å². The lowest BCUT2D eigenvalue weighted by Gasteiger charge is -2.59. The Labute approximate surface area is 158 Å². The average molecular weight is 355 g/mol. The molecule has 4 aliphatic rings. The summed E-state index contributed by atoms with van der Waals surface area (Å²) in [5, 5.41) is 0. The number of esters is 1. The highest BCUT2D eigenvalue weighted by atomic mass is 16.5. The van der Waals surface area contributed by atoms with Crippen LogP contribution in [0.3, 0.4) is 0 Å². The number of fused-ring (bicyclic) bond motifs is 2. The third-order valence-corrected chi connectivity index (χ3v) is 8.78. The van der Waals surface area contributed by atoms with E-state index in [9.17, 15) is 4.79 Å². The zero-order valence-electron chi connectivity index (χ0n) is 16.9. The molecule has 0 aromatic carbocycles. The Kier molecular flexibility index (Phi) is 3.89. The van der Waals surface area contributed by atoms with Crippen molar-refractivity contribution in [3.8, 4) is 0 Å². The molecule has 0 aromatic rings. The first-order chi connectivity index (χ1) is 12.4. The van der Waals surface area contributed by atoms with Crippen molar-refractivity contribution in [2.24, 2.45) is 45.8 Å². The third-order valence-electron chi connectivity index (χ3n) is 8.78. The van der Waals surface area contributed by atoms with Crippen LogP contribution in [0.5, 0.6) is 0 Å². The number of allylic oxidation sites excluding steroid dienone is 3. The predicted octanol–water partition coefficient (Wildman–Crippen LogP) is 5.56. The summed E-state index contributed by atoms with van der Waals surface area (Å²) in [4.78, 5) is 13.8. The Bertz CT molecular complexity index is 688. The largest absolute Gasteiger partial charge is 0.465 e. The molecule has 0 spiro atoms. The van der Waals surface area contributed by atoms with Gasteiger partial charge < -0.3 is 4.74 Å². The number of carbonyl (C=O) groups is 1. The summed E-state index contributed by atoms with van der Waals surface area (Å²) < 4.78 is 5.82. The van der Waals surface area contributed by atoms with Crippen LogP contribution in [0.1, 0.15) is 53.4 Å². The van der Waals surface area contributed by atoms with Gasteiger partial charge in [-0.2, -0.15) is 0 Å². The number of hydrogen-bond acceptors (Lipinski definition) is 2. The van der Waals surface area contributed by atoms with Crippen molar-refractivity contribution in [3.63, 3.8) is 0 Å². The first-order valence-electron chi connectivity index (χ1n) is 10.5. The Morgan fingerprint density at radius 3 is 2.54 bits per heavy atom. The molecular formula is C24H34O2. The molecule has 2 heteroatoms. The molecule has 0 saturated heterocycles. The van der Waals surface area contributed by atoms with E-state index in [1.54, 1.807) is 0 Å². The maximum Gasteiger partial charge on any atom is 0.318 e. The van der Waals surface area contributed by atoms with Gasteiger partial charge in [0.2, 0.25) is 0 Å². The van der Waals surface area contributed by atoms with Gasteiger partial charge in [0.1, 0.15) is 5.41 Å². The van der Waals surface area contributed by atoms with E-state index in [1.807, 2.05) is 6.92 Å². The van der Waals surface area contributed by atoms with Crippen molar-refractivity contribution in [2.75, 3.05) is 6.61 Å². The van der Waals surface area contributed by atoms with E-state index in [2.05, 4.69) is 52.2 Å². The highest BCUT2D eigenvalue weighted by Crippen LogP contribution is 2.84. The van der Waals surface area contributed by atoms with Crippen molar-refractivity contribution >= 4 is 5.97 Å². The van der Waals surface area contributed by atoms with Crippen molar-refractivity contribution < 1.29 is 9.53 Å². The van der Waals surface area contributed by atoms with Crippen LogP contribution in [0.2, 0.25) is 0 Å². The topological polar surface area (TPSA) is 26.3 Å².